The van der Waals surface area contributed by atoms with Gasteiger partial charge in [0.1, 0.15) is 0 Å². The second-order valence-electron chi connectivity index (χ2n) is 7.61. The molecular formula is C23H24ClN3O2. The maximum Gasteiger partial charge on any atom is 0.231 e. The summed E-state index contributed by atoms with van der Waals surface area (Å²) in [6.45, 7) is 8.89. The van der Waals surface area contributed by atoms with Gasteiger partial charge in [-0.2, -0.15) is 0 Å². The number of aromatic nitrogens is 1. The van der Waals surface area contributed by atoms with E-state index in [-0.39, 0.29) is 6.79 Å². The van der Waals surface area contributed by atoms with E-state index in [4.69, 9.17) is 26.1 Å². The number of fused-ring (bicyclic) bond motifs is 2. The lowest BCUT2D eigenvalue weighted by Gasteiger charge is -2.34. The quantitative estimate of drug-likeness (QED) is 0.637. The Morgan fingerprint density at radius 1 is 0.931 bits per heavy atom. The van der Waals surface area contributed by atoms with Crippen molar-refractivity contribution in [3.8, 4) is 22.8 Å². The van der Waals surface area contributed by atoms with E-state index in [1.54, 1.807) is 0 Å². The van der Waals surface area contributed by atoms with Crippen molar-refractivity contribution in [2.45, 2.75) is 13.5 Å². The molecule has 0 radical (unpaired) electrons. The van der Waals surface area contributed by atoms with Crippen molar-refractivity contribution in [3.05, 3.63) is 53.1 Å². The Labute approximate surface area is 175 Å². The Balaban J connectivity index is 1.55. The Morgan fingerprint density at radius 2 is 1.62 bits per heavy atom. The molecule has 0 amide bonds. The predicted molar refractivity (Wildman–Crippen MR) is 116 cm³/mol. The number of hydrogen-bond donors (Lipinski definition) is 0. The van der Waals surface area contributed by atoms with Crippen LogP contribution in [0.1, 0.15) is 12.5 Å². The minimum atomic E-state index is 0.268. The van der Waals surface area contributed by atoms with Gasteiger partial charge in [-0.05, 0) is 36.4 Å². The van der Waals surface area contributed by atoms with E-state index in [2.05, 4.69) is 22.8 Å². The SMILES string of the molecule is CCN1CCN(Cc2cc3cc4c(cc3nc2-c2ccc(Cl)cc2)OCO4)CC1. The van der Waals surface area contributed by atoms with E-state index in [9.17, 15) is 0 Å². The molecule has 3 heterocycles. The zero-order chi connectivity index (χ0) is 19.8. The normalized spacial score (nSPS) is 17.2. The van der Waals surface area contributed by atoms with Gasteiger partial charge in [0.2, 0.25) is 6.79 Å². The molecule has 2 aromatic carbocycles. The number of benzene rings is 2. The highest BCUT2D eigenvalue weighted by molar-refractivity contribution is 6.30. The third-order valence-corrected chi connectivity index (χ3v) is 6.06. The van der Waals surface area contributed by atoms with Gasteiger partial charge in [0.15, 0.2) is 11.5 Å². The molecule has 0 aliphatic carbocycles. The molecule has 2 aliphatic rings. The first-order valence-electron chi connectivity index (χ1n) is 10.1. The van der Waals surface area contributed by atoms with Gasteiger partial charge in [0, 0.05) is 54.8 Å². The molecule has 0 N–H and O–H groups in total. The molecule has 1 aromatic heterocycles. The molecule has 0 unspecified atom stereocenters. The van der Waals surface area contributed by atoms with Crippen LogP contribution in [-0.2, 0) is 6.54 Å². The van der Waals surface area contributed by atoms with Crippen molar-refractivity contribution in [2.24, 2.45) is 0 Å². The summed E-state index contributed by atoms with van der Waals surface area (Å²) >= 11 is 6.12. The van der Waals surface area contributed by atoms with Crippen LogP contribution in [-0.4, -0.2) is 54.3 Å². The lowest BCUT2D eigenvalue weighted by molar-refractivity contribution is 0.132. The molecule has 29 heavy (non-hydrogen) atoms. The van der Waals surface area contributed by atoms with Crippen molar-refractivity contribution in [3.63, 3.8) is 0 Å². The fourth-order valence-corrected chi connectivity index (χ4v) is 4.22. The topological polar surface area (TPSA) is 37.8 Å². The molecule has 2 aliphatic heterocycles. The average Bonchev–Trinajstić information content (AvgIpc) is 3.20. The molecule has 0 saturated carbocycles. The minimum Gasteiger partial charge on any atom is -0.454 e. The van der Waals surface area contributed by atoms with Crippen LogP contribution in [0.4, 0.5) is 0 Å². The Bertz CT molecular complexity index is 1030. The van der Waals surface area contributed by atoms with Crippen LogP contribution in [0.3, 0.4) is 0 Å². The summed E-state index contributed by atoms with van der Waals surface area (Å²) in [4.78, 5) is 10.0. The number of ether oxygens (including phenoxy) is 2. The van der Waals surface area contributed by atoms with Crippen molar-refractivity contribution in [1.29, 1.82) is 0 Å². The van der Waals surface area contributed by atoms with Crippen LogP contribution in [0.5, 0.6) is 11.5 Å². The number of halogens is 1. The smallest absolute Gasteiger partial charge is 0.231 e. The lowest BCUT2D eigenvalue weighted by Crippen LogP contribution is -2.45. The second kappa shape index (κ2) is 7.82. The first-order valence-corrected chi connectivity index (χ1v) is 10.5. The molecule has 0 bridgehead atoms. The zero-order valence-electron chi connectivity index (χ0n) is 16.5. The first kappa shape index (κ1) is 18.7. The number of nitrogens with zero attached hydrogens (tertiary/aromatic N) is 3. The van der Waals surface area contributed by atoms with E-state index < -0.39 is 0 Å². The highest BCUT2D eigenvalue weighted by Gasteiger charge is 2.20. The summed E-state index contributed by atoms with van der Waals surface area (Å²) < 4.78 is 11.1. The van der Waals surface area contributed by atoms with Crippen LogP contribution >= 0.6 is 11.6 Å². The summed E-state index contributed by atoms with van der Waals surface area (Å²) in [7, 11) is 0. The number of piperazine rings is 1. The number of pyridine rings is 1. The maximum atomic E-state index is 6.12. The fourth-order valence-electron chi connectivity index (χ4n) is 4.09. The van der Waals surface area contributed by atoms with Crippen LogP contribution in [0.2, 0.25) is 5.02 Å². The molecule has 3 aromatic rings. The summed E-state index contributed by atoms with van der Waals surface area (Å²) in [5, 5.41) is 1.81. The highest BCUT2D eigenvalue weighted by atomic mass is 35.5. The van der Waals surface area contributed by atoms with Crippen molar-refractivity contribution < 1.29 is 9.47 Å². The summed E-state index contributed by atoms with van der Waals surface area (Å²) in [5.74, 6) is 1.55. The van der Waals surface area contributed by atoms with Crippen LogP contribution in [0.15, 0.2) is 42.5 Å². The number of hydrogen-bond acceptors (Lipinski definition) is 5. The Kier molecular flexibility index (Phi) is 5.04. The monoisotopic (exact) mass is 409 g/mol. The molecule has 5 rings (SSSR count). The van der Waals surface area contributed by atoms with E-state index in [0.29, 0.717) is 0 Å². The second-order valence-corrected chi connectivity index (χ2v) is 8.05. The average molecular weight is 410 g/mol. The highest BCUT2D eigenvalue weighted by Crippen LogP contribution is 2.37. The zero-order valence-corrected chi connectivity index (χ0v) is 17.3. The van der Waals surface area contributed by atoms with Crippen molar-refractivity contribution in [1.82, 2.24) is 14.8 Å². The number of likely N-dealkylation sites (N-methyl/N-ethyl adjacent to an activating group) is 1. The molecule has 0 atom stereocenters. The molecule has 6 heteroatoms. The van der Waals surface area contributed by atoms with Gasteiger partial charge in [-0.15, -0.1) is 0 Å². The molecule has 5 nitrogen and oxygen atoms in total. The molecule has 150 valence electrons. The fraction of sp³-hybridized carbons (Fsp3) is 0.348. The summed E-state index contributed by atoms with van der Waals surface area (Å²) in [5.41, 5.74) is 4.23. The third kappa shape index (κ3) is 3.78. The summed E-state index contributed by atoms with van der Waals surface area (Å²) in [6.07, 6.45) is 0. The van der Waals surface area contributed by atoms with Crippen LogP contribution in [0.25, 0.3) is 22.2 Å². The van der Waals surface area contributed by atoms with Gasteiger partial charge < -0.3 is 14.4 Å². The summed E-state index contributed by atoms with van der Waals surface area (Å²) in [6, 6.07) is 14.2. The first-order chi connectivity index (χ1) is 14.2. The Hall–Kier alpha value is -2.34. The van der Waals surface area contributed by atoms with Gasteiger partial charge >= 0.3 is 0 Å². The largest absolute Gasteiger partial charge is 0.454 e. The van der Waals surface area contributed by atoms with E-state index in [0.717, 1.165) is 78.0 Å². The third-order valence-electron chi connectivity index (χ3n) is 5.81. The standard InChI is InChI=1S/C23H24ClN3O2/c1-2-26-7-9-27(10-8-26)14-18-11-17-12-21-22(29-15-28-21)13-20(17)25-23(18)16-3-5-19(24)6-4-16/h3-6,11-13H,2,7-10,14-15H2,1H3. The van der Waals surface area contributed by atoms with Gasteiger partial charge in [0.05, 0.1) is 11.2 Å². The van der Waals surface area contributed by atoms with Gasteiger partial charge in [-0.1, -0.05) is 30.7 Å². The number of rotatable bonds is 4. The van der Waals surface area contributed by atoms with Crippen LogP contribution < -0.4 is 9.47 Å². The Morgan fingerprint density at radius 3 is 2.34 bits per heavy atom. The van der Waals surface area contributed by atoms with Crippen molar-refractivity contribution in [2.75, 3.05) is 39.5 Å². The van der Waals surface area contributed by atoms with Gasteiger partial charge in [-0.25, -0.2) is 4.98 Å². The van der Waals surface area contributed by atoms with E-state index in [1.165, 1.54) is 5.56 Å². The minimum absolute atomic E-state index is 0.268. The lowest BCUT2D eigenvalue weighted by atomic mass is 10.0. The van der Waals surface area contributed by atoms with Gasteiger partial charge in [0.25, 0.3) is 0 Å². The van der Waals surface area contributed by atoms with Gasteiger partial charge in [-0.3, -0.25) is 4.90 Å². The molecule has 1 saturated heterocycles. The molecule has 0 spiro atoms. The maximum absolute atomic E-state index is 6.12. The van der Waals surface area contributed by atoms with E-state index in [1.807, 2.05) is 36.4 Å². The predicted octanol–water partition coefficient (Wildman–Crippen LogP) is 4.42. The van der Waals surface area contributed by atoms with Crippen LogP contribution in [0, 0.1) is 0 Å². The molecular weight excluding hydrogens is 386 g/mol. The van der Waals surface area contributed by atoms with E-state index >= 15 is 0 Å². The van der Waals surface area contributed by atoms with Crippen molar-refractivity contribution >= 4 is 22.5 Å². The molecule has 1 fully saturated rings.